The average Bonchev–Trinajstić information content (AvgIpc) is 2.90. The molecule has 1 aliphatic rings. The summed E-state index contributed by atoms with van der Waals surface area (Å²) >= 11 is 0. The Kier molecular flexibility index (Phi) is 4.96. The number of hydrogen-bond donors (Lipinski definition) is 1. The molecule has 1 aliphatic heterocycles. The zero-order valence-electron chi connectivity index (χ0n) is 12.6. The van der Waals surface area contributed by atoms with Crippen molar-refractivity contribution in [1.29, 1.82) is 0 Å². The highest BCUT2D eigenvalue weighted by Gasteiger charge is 2.32. The molecule has 5 nitrogen and oxygen atoms in total. The number of nitrogens with zero attached hydrogens (tertiary/aromatic N) is 2. The first-order valence-corrected chi connectivity index (χ1v) is 7.37. The molecule has 1 aromatic carbocycles. The molecule has 1 N–H and O–H groups in total. The molecule has 5 heteroatoms. The van der Waals surface area contributed by atoms with Gasteiger partial charge in [0, 0.05) is 12.2 Å². The van der Waals surface area contributed by atoms with E-state index in [0.29, 0.717) is 19.5 Å². The monoisotopic (exact) mass is 290 g/mol. The molecule has 1 amide bonds. The molecule has 0 aromatic heterocycles. The number of benzene rings is 1. The molecule has 0 spiro atoms. The summed E-state index contributed by atoms with van der Waals surface area (Å²) in [5, 5.41) is 9.19. The number of hydrogen-bond acceptors (Lipinski definition) is 3. The second-order valence-electron chi connectivity index (χ2n) is 5.39. The highest BCUT2D eigenvalue weighted by Crippen LogP contribution is 2.21. The molecule has 1 aromatic rings. The smallest absolute Gasteiger partial charge is 0.320 e. The normalized spacial score (nSPS) is 18.7. The summed E-state index contributed by atoms with van der Waals surface area (Å²) < 4.78 is 0. The number of carboxylic acid groups (broad SMARTS) is 1. The third kappa shape index (κ3) is 3.42. The van der Waals surface area contributed by atoms with Gasteiger partial charge >= 0.3 is 5.97 Å². The van der Waals surface area contributed by atoms with Crippen molar-refractivity contribution in [2.24, 2.45) is 0 Å². The molecule has 21 heavy (non-hydrogen) atoms. The zero-order chi connectivity index (χ0) is 15.4. The largest absolute Gasteiger partial charge is 0.480 e. The van der Waals surface area contributed by atoms with Crippen molar-refractivity contribution in [3.8, 4) is 0 Å². The number of likely N-dealkylation sites (N-methyl/N-ethyl adjacent to an activating group) is 1. The van der Waals surface area contributed by atoms with Gasteiger partial charge in [0.1, 0.15) is 6.04 Å². The van der Waals surface area contributed by atoms with Crippen LogP contribution in [0.15, 0.2) is 24.3 Å². The quantitative estimate of drug-likeness (QED) is 0.899. The standard InChI is InChI=1S/C16H22N2O3/c1-3-18(13-8-5-4-7-12(13)2)15(19)11-17-10-6-9-14(17)16(20)21/h4-5,7-8,14H,3,6,9-11H2,1-2H3,(H,20,21). The van der Waals surface area contributed by atoms with E-state index >= 15 is 0 Å². The van der Waals surface area contributed by atoms with Crippen LogP contribution >= 0.6 is 0 Å². The summed E-state index contributed by atoms with van der Waals surface area (Å²) in [5.74, 6) is -0.876. The van der Waals surface area contributed by atoms with Crippen molar-refractivity contribution in [2.75, 3.05) is 24.5 Å². The van der Waals surface area contributed by atoms with Crippen molar-refractivity contribution in [2.45, 2.75) is 32.7 Å². The van der Waals surface area contributed by atoms with Gasteiger partial charge in [-0.15, -0.1) is 0 Å². The Morgan fingerprint density at radius 3 is 2.71 bits per heavy atom. The van der Waals surface area contributed by atoms with Gasteiger partial charge in [0.15, 0.2) is 0 Å². The molecule has 1 atom stereocenters. The number of anilines is 1. The second kappa shape index (κ2) is 6.72. The van der Waals surface area contributed by atoms with Crippen LogP contribution in [-0.2, 0) is 9.59 Å². The molecule has 1 unspecified atom stereocenters. The van der Waals surface area contributed by atoms with E-state index in [2.05, 4.69) is 0 Å². The van der Waals surface area contributed by atoms with Crippen LogP contribution in [0, 0.1) is 6.92 Å². The number of rotatable bonds is 5. The number of aliphatic carboxylic acids is 1. The van der Waals surface area contributed by atoms with Gasteiger partial charge < -0.3 is 10.0 Å². The predicted octanol–water partition coefficient (Wildman–Crippen LogP) is 1.90. The van der Waals surface area contributed by atoms with E-state index in [0.717, 1.165) is 17.7 Å². The third-order valence-electron chi connectivity index (χ3n) is 4.01. The van der Waals surface area contributed by atoms with Crippen LogP contribution < -0.4 is 4.90 Å². The van der Waals surface area contributed by atoms with E-state index in [4.69, 9.17) is 0 Å². The van der Waals surface area contributed by atoms with E-state index in [1.54, 1.807) is 9.80 Å². The fourth-order valence-electron chi connectivity index (χ4n) is 2.90. The van der Waals surface area contributed by atoms with Crippen LogP contribution in [0.3, 0.4) is 0 Å². The van der Waals surface area contributed by atoms with E-state index in [1.165, 1.54) is 0 Å². The van der Waals surface area contributed by atoms with Crippen LogP contribution in [-0.4, -0.2) is 47.6 Å². The van der Waals surface area contributed by atoms with Gasteiger partial charge in [-0.2, -0.15) is 0 Å². The molecular weight excluding hydrogens is 268 g/mol. The molecule has 0 radical (unpaired) electrons. The maximum atomic E-state index is 12.5. The van der Waals surface area contributed by atoms with Gasteiger partial charge in [-0.25, -0.2) is 0 Å². The number of carbonyl (C=O) groups excluding carboxylic acids is 1. The molecule has 0 saturated carbocycles. The Morgan fingerprint density at radius 2 is 2.10 bits per heavy atom. The van der Waals surface area contributed by atoms with Gasteiger partial charge in [0.25, 0.3) is 0 Å². The topological polar surface area (TPSA) is 60.9 Å². The minimum absolute atomic E-state index is 0.0417. The maximum Gasteiger partial charge on any atom is 0.320 e. The summed E-state index contributed by atoms with van der Waals surface area (Å²) in [5.41, 5.74) is 1.94. The van der Waals surface area contributed by atoms with Gasteiger partial charge in [-0.05, 0) is 44.9 Å². The molecule has 2 rings (SSSR count). The first-order chi connectivity index (χ1) is 10.0. The predicted molar refractivity (Wildman–Crippen MR) is 81.4 cm³/mol. The van der Waals surface area contributed by atoms with Gasteiger partial charge in [0.05, 0.1) is 6.54 Å². The summed E-state index contributed by atoms with van der Waals surface area (Å²) in [6.45, 7) is 5.33. The number of para-hydroxylation sites is 1. The van der Waals surface area contributed by atoms with E-state index < -0.39 is 12.0 Å². The first-order valence-electron chi connectivity index (χ1n) is 7.37. The lowest BCUT2D eigenvalue weighted by atomic mass is 10.1. The van der Waals surface area contributed by atoms with Crippen molar-refractivity contribution in [1.82, 2.24) is 4.90 Å². The first kappa shape index (κ1) is 15.5. The number of aryl methyl sites for hydroxylation is 1. The number of carboxylic acids is 1. The van der Waals surface area contributed by atoms with Gasteiger partial charge in [-0.3, -0.25) is 14.5 Å². The van der Waals surface area contributed by atoms with Gasteiger partial charge in [0.2, 0.25) is 5.91 Å². The van der Waals surface area contributed by atoms with Crippen molar-refractivity contribution >= 4 is 17.6 Å². The van der Waals surface area contributed by atoms with Crippen molar-refractivity contribution in [3.63, 3.8) is 0 Å². The molecule has 1 fully saturated rings. The average molecular weight is 290 g/mol. The highest BCUT2D eigenvalue weighted by molar-refractivity contribution is 5.95. The maximum absolute atomic E-state index is 12.5. The fraction of sp³-hybridized carbons (Fsp3) is 0.500. The van der Waals surface area contributed by atoms with Crippen LogP contribution in [0.5, 0.6) is 0 Å². The zero-order valence-corrected chi connectivity index (χ0v) is 12.6. The summed E-state index contributed by atoms with van der Waals surface area (Å²) in [7, 11) is 0. The van der Waals surface area contributed by atoms with Gasteiger partial charge in [-0.1, -0.05) is 18.2 Å². The summed E-state index contributed by atoms with van der Waals surface area (Å²) in [4.78, 5) is 27.2. The lowest BCUT2D eigenvalue weighted by Gasteiger charge is -2.27. The summed E-state index contributed by atoms with van der Waals surface area (Å²) in [6, 6.07) is 7.23. The molecule has 114 valence electrons. The molecule has 0 aliphatic carbocycles. The van der Waals surface area contributed by atoms with Crippen LogP contribution in [0.4, 0.5) is 5.69 Å². The van der Waals surface area contributed by atoms with E-state index in [-0.39, 0.29) is 12.5 Å². The Hall–Kier alpha value is -1.88. The number of amides is 1. The Morgan fingerprint density at radius 1 is 1.38 bits per heavy atom. The highest BCUT2D eigenvalue weighted by atomic mass is 16.4. The lowest BCUT2D eigenvalue weighted by molar-refractivity contribution is -0.142. The van der Waals surface area contributed by atoms with Crippen LogP contribution in [0.1, 0.15) is 25.3 Å². The second-order valence-corrected chi connectivity index (χ2v) is 5.39. The van der Waals surface area contributed by atoms with Crippen LogP contribution in [0.2, 0.25) is 0 Å². The lowest BCUT2D eigenvalue weighted by Crippen LogP contribution is -2.44. The number of likely N-dealkylation sites (tertiary alicyclic amines) is 1. The molecule has 0 bridgehead atoms. The number of carbonyl (C=O) groups is 2. The van der Waals surface area contributed by atoms with Crippen LogP contribution in [0.25, 0.3) is 0 Å². The molecule has 1 saturated heterocycles. The fourth-order valence-corrected chi connectivity index (χ4v) is 2.90. The Bertz CT molecular complexity index is 530. The SMILES string of the molecule is CCN(C(=O)CN1CCCC1C(=O)O)c1ccccc1C. The Balaban J connectivity index is 2.11. The molecule has 1 heterocycles. The minimum Gasteiger partial charge on any atom is -0.480 e. The minimum atomic E-state index is -0.834. The summed E-state index contributed by atoms with van der Waals surface area (Å²) in [6.07, 6.45) is 1.46. The van der Waals surface area contributed by atoms with E-state index in [9.17, 15) is 14.7 Å². The Labute approximate surface area is 125 Å². The van der Waals surface area contributed by atoms with Crippen molar-refractivity contribution in [3.05, 3.63) is 29.8 Å². The van der Waals surface area contributed by atoms with Crippen molar-refractivity contribution < 1.29 is 14.7 Å². The molecular formula is C16H22N2O3. The third-order valence-corrected chi connectivity index (χ3v) is 4.01. The van der Waals surface area contributed by atoms with E-state index in [1.807, 2.05) is 38.1 Å².